The van der Waals surface area contributed by atoms with Crippen LogP contribution in [-0.4, -0.2) is 48.7 Å². The Bertz CT molecular complexity index is 903. The standard InChI is InChI=1S/C22H29NO7/c1-20-5-4-13-12-3-2-11(24)6-15(12)17(23)7-14(13)16(20)8-21(29,9-18(25)26)22(20,30)10-19(27)28/h2-3,6,13-14,16-17,24,29-30H,4-5,7-10,23H2,1H3,(H,25,26)(H,27,28)/t13-,14-,16+,17+,20+,21+,22-/m1/s1. The van der Waals surface area contributed by atoms with Gasteiger partial charge < -0.3 is 31.3 Å². The zero-order chi connectivity index (χ0) is 22.1. The lowest BCUT2D eigenvalue weighted by atomic mass is 9.52. The number of nitrogens with two attached hydrogens (primary N) is 1. The number of aliphatic hydroxyl groups is 2. The van der Waals surface area contributed by atoms with Crippen molar-refractivity contribution in [2.75, 3.05) is 0 Å². The topological polar surface area (TPSA) is 161 Å². The Kier molecular flexibility index (Phi) is 4.69. The molecule has 3 aliphatic carbocycles. The molecule has 0 bridgehead atoms. The van der Waals surface area contributed by atoms with E-state index in [-0.39, 0.29) is 36.0 Å². The number of carbonyl (C=O) groups is 2. The van der Waals surface area contributed by atoms with Crippen molar-refractivity contribution in [1.82, 2.24) is 0 Å². The number of hydrogen-bond acceptors (Lipinski definition) is 6. The number of carboxylic acids is 2. The van der Waals surface area contributed by atoms with Gasteiger partial charge in [0.05, 0.1) is 12.8 Å². The smallest absolute Gasteiger partial charge is 0.306 e. The molecule has 4 rings (SSSR count). The molecule has 1 aromatic carbocycles. The molecule has 0 aromatic heterocycles. The summed E-state index contributed by atoms with van der Waals surface area (Å²) in [7, 11) is 0. The maximum Gasteiger partial charge on any atom is 0.306 e. The van der Waals surface area contributed by atoms with E-state index < -0.39 is 41.4 Å². The van der Waals surface area contributed by atoms with Gasteiger partial charge in [0.15, 0.2) is 0 Å². The summed E-state index contributed by atoms with van der Waals surface area (Å²) in [6.45, 7) is 1.79. The Morgan fingerprint density at radius 3 is 2.43 bits per heavy atom. The van der Waals surface area contributed by atoms with Gasteiger partial charge in [-0.3, -0.25) is 9.59 Å². The Morgan fingerprint density at radius 2 is 1.80 bits per heavy atom. The molecular formula is C22H29NO7. The molecule has 0 amide bonds. The minimum Gasteiger partial charge on any atom is -0.508 e. The van der Waals surface area contributed by atoms with E-state index in [9.17, 15) is 35.1 Å². The van der Waals surface area contributed by atoms with Crippen LogP contribution in [0.15, 0.2) is 18.2 Å². The molecular weight excluding hydrogens is 390 g/mol. The van der Waals surface area contributed by atoms with E-state index in [1.54, 1.807) is 19.1 Å². The lowest BCUT2D eigenvalue weighted by Crippen LogP contribution is -2.61. The Balaban J connectivity index is 1.79. The average Bonchev–Trinajstić information content (AvgIpc) is 2.79. The number of phenols is 1. The summed E-state index contributed by atoms with van der Waals surface area (Å²) in [4.78, 5) is 23.1. The fourth-order valence-electron chi connectivity index (χ4n) is 6.97. The quantitative estimate of drug-likeness (QED) is 0.430. The molecule has 0 aliphatic heterocycles. The highest BCUT2D eigenvalue weighted by Gasteiger charge is 2.72. The molecule has 0 radical (unpaired) electrons. The van der Waals surface area contributed by atoms with Gasteiger partial charge in [0.25, 0.3) is 0 Å². The minimum absolute atomic E-state index is 0.0148. The molecule has 8 nitrogen and oxygen atoms in total. The first-order valence-corrected chi connectivity index (χ1v) is 10.4. The van der Waals surface area contributed by atoms with Crippen molar-refractivity contribution in [3.8, 4) is 5.75 Å². The summed E-state index contributed by atoms with van der Waals surface area (Å²) in [5.41, 5.74) is 3.30. The van der Waals surface area contributed by atoms with Crippen molar-refractivity contribution in [2.24, 2.45) is 23.0 Å². The molecule has 2 fully saturated rings. The van der Waals surface area contributed by atoms with Crippen LogP contribution in [0.1, 0.15) is 68.5 Å². The summed E-state index contributed by atoms with van der Waals surface area (Å²) >= 11 is 0. The van der Waals surface area contributed by atoms with Crippen LogP contribution in [0.25, 0.3) is 0 Å². The molecule has 0 saturated heterocycles. The number of hydrogen-bond donors (Lipinski definition) is 6. The third-order valence-corrected chi connectivity index (χ3v) is 8.35. The molecule has 2 saturated carbocycles. The van der Waals surface area contributed by atoms with Crippen molar-refractivity contribution in [3.63, 3.8) is 0 Å². The van der Waals surface area contributed by atoms with Gasteiger partial charge in [0.1, 0.15) is 17.0 Å². The second kappa shape index (κ2) is 6.67. The van der Waals surface area contributed by atoms with Crippen LogP contribution >= 0.6 is 0 Å². The van der Waals surface area contributed by atoms with Gasteiger partial charge in [0, 0.05) is 11.5 Å². The zero-order valence-corrected chi connectivity index (χ0v) is 16.9. The van der Waals surface area contributed by atoms with E-state index in [1.165, 1.54) is 0 Å². The van der Waals surface area contributed by atoms with Crippen LogP contribution in [0.5, 0.6) is 5.75 Å². The van der Waals surface area contributed by atoms with Gasteiger partial charge in [-0.25, -0.2) is 0 Å². The molecule has 7 N–H and O–H groups in total. The van der Waals surface area contributed by atoms with Crippen LogP contribution in [0.2, 0.25) is 0 Å². The molecule has 164 valence electrons. The van der Waals surface area contributed by atoms with Gasteiger partial charge in [-0.05, 0) is 66.7 Å². The van der Waals surface area contributed by atoms with Crippen molar-refractivity contribution in [3.05, 3.63) is 29.3 Å². The number of carboxylic acid groups (broad SMARTS) is 2. The Hall–Kier alpha value is -2.16. The minimum atomic E-state index is -2.06. The van der Waals surface area contributed by atoms with Gasteiger partial charge >= 0.3 is 11.9 Å². The lowest BCUT2D eigenvalue weighted by Gasteiger charge is -2.54. The van der Waals surface area contributed by atoms with E-state index in [0.29, 0.717) is 19.3 Å². The first-order valence-electron chi connectivity index (χ1n) is 10.4. The van der Waals surface area contributed by atoms with Gasteiger partial charge in [-0.15, -0.1) is 0 Å². The van der Waals surface area contributed by atoms with E-state index in [1.807, 2.05) is 6.07 Å². The number of benzene rings is 1. The van der Waals surface area contributed by atoms with Crippen LogP contribution in [0.4, 0.5) is 0 Å². The molecule has 1 aromatic rings. The predicted molar refractivity (Wildman–Crippen MR) is 106 cm³/mol. The first-order chi connectivity index (χ1) is 13.9. The molecule has 0 spiro atoms. The fraction of sp³-hybridized carbons (Fsp3) is 0.636. The van der Waals surface area contributed by atoms with E-state index in [4.69, 9.17) is 5.73 Å². The molecule has 7 atom stereocenters. The Labute approximate surface area is 174 Å². The summed E-state index contributed by atoms with van der Waals surface area (Å²) in [6.07, 6.45) is 0.274. The lowest BCUT2D eigenvalue weighted by molar-refractivity contribution is -0.204. The summed E-state index contributed by atoms with van der Waals surface area (Å²) in [5, 5.41) is 51.7. The summed E-state index contributed by atoms with van der Waals surface area (Å²) in [6, 6.07) is 4.83. The number of aliphatic carboxylic acids is 2. The monoisotopic (exact) mass is 419 g/mol. The highest BCUT2D eigenvalue weighted by atomic mass is 16.4. The number of aromatic hydroxyl groups is 1. The second-order valence-corrected chi connectivity index (χ2v) is 9.73. The van der Waals surface area contributed by atoms with E-state index >= 15 is 0 Å². The van der Waals surface area contributed by atoms with Gasteiger partial charge in [-0.2, -0.15) is 0 Å². The van der Waals surface area contributed by atoms with Crippen molar-refractivity contribution in [2.45, 2.75) is 68.6 Å². The van der Waals surface area contributed by atoms with E-state index in [0.717, 1.165) is 11.1 Å². The second-order valence-electron chi connectivity index (χ2n) is 9.73. The van der Waals surface area contributed by atoms with Gasteiger partial charge in [-0.1, -0.05) is 13.0 Å². The summed E-state index contributed by atoms with van der Waals surface area (Å²) < 4.78 is 0. The van der Waals surface area contributed by atoms with Crippen molar-refractivity contribution < 1.29 is 35.1 Å². The molecule has 8 heteroatoms. The van der Waals surface area contributed by atoms with Gasteiger partial charge in [0.2, 0.25) is 0 Å². The Morgan fingerprint density at radius 1 is 1.13 bits per heavy atom. The zero-order valence-electron chi connectivity index (χ0n) is 16.9. The largest absolute Gasteiger partial charge is 0.508 e. The van der Waals surface area contributed by atoms with Crippen LogP contribution < -0.4 is 5.73 Å². The van der Waals surface area contributed by atoms with Crippen LogP contribution in [-0.2, 0) is 9.59 Å². The SMILES string of the molecule is C[C@]12CC[C@@H]3c4ccc(O)cc4[C@@H](N)C[C@H]3[C@@H]1C[C@](O)(CC(=O)O)[C@@]2(O)CC(=O)O. The predicted octanol–water partition coefficient (Wildman–Crippen LogP) is 1.73. The number of rotatable bonds is 4. The highest BCUT2D eigenvalue weighted by Crippen LogP contribution is 2.68. The third kappa shape index (κ3) is 2.77. The summed E-state index contributed by atoms with van der Waals surface area (Å²) in [5.74, 6) is -2.61. The molecule has 0 unspecified atom stereocenters. The van der Waals surface area contributed by atoms with Crippen molar-refractivity contribution in [1.29, 1.82) is 0 Å². The van der Waals surface area contributed by atoms with Crippen LogP contribution in [0, 0.1) is 17.3 Å². The molecule has 3 aliphatic rings. The molecule has 0 heterocycles. The molecule has 30 heavy (non-hydrogen) atoms. The van der Waals surface area contributed by atoms with E-state index in [2.05, 4.69) is 0 Å². The van der Waals surface area contributed by atoms with Crippen molar-refractivity contribution >= 4 is 11.9 Å². The van der Waals surface area contributed by atoms with Crippen LogP contribution in [0.3, 0.4) is 0 Å². The normalized spacial score (nSPS) is 42.1. The maximum absolute atomic E-state index is 11.6. The highest BCUT2D eigenvalue weighted by molar-refractivity contribution is 5.72. The third-order valence-electron chi connectivity index (χ3n) is 8.35. The number of fused-ring (bicyclic) bond motifs is 5. The maximum atomic E-state index is 11.6. The average molecular weight is 419 g/mol. The number of phenolic OH excluding ortho intramolecular Hbond substituents is 1. The fourth-order valence-corrected chi connectivity index (χ4v) is 6.97. The first kappa shape index (κ1) is 21.1.